The molecule has 0 bridgehead atoms. The smallest absolute Gasteiger partial charge is 0.329 e. The van der Waals surface area contributed by atoms with E-state index in [0.29, 0.717) is 18.4 Å². The van der Waals surface area contributed by atoms with Crippen LogP contribution in [0.4, 0.5) is 0 Å². The van der Waals surface area contributed by atoms with Crippen LogP contribution in [-0.2, 0) is 16.1 Å². The van der Waals surface area contributed by atoms with Crippen molar-refractivity contribution < 1.29 is 19.1 Å². The Morgan fingerprint density at radius 3 is 2.55 bits per heavy atom. The van der Waals surface area contributed by atoms with Crippen LogP contribution in [0.3, 0.4) is 0 Å². The van der Waals surface area contributed by atoms with E-state index in [1.54, 1.807) is 18.0 Å². The fraction of sp³-hybridized carbons (Fsp3) is 0.417. The Morgan fingerprint density at radius 1 is 1.16 bits per heavy atom. The van der Waals surface area contributed by atoms with Crippen molar-refractivity contribution in [2.45, 2.75) is 37.3 Å². The minimum absolute atomic E-state index is 0.206. The van der Waals surface area contributed by atoms with Crippen LogP contribution in [-0.4, -0.2) is 40.3 Å². The zero-order valence-corrected chi connectivity index (χ0v) is 18.5. The standard InChI is InChI=1S/C24H28N2O4S/c1-31-24-22(20-8-5-13-30-20)23(19-6-3-2-4-7-19)25-26(24)14-17-9-11-18(12-10-17)15-29-16-21(27)28/h2-8,13,17-18H,9-12,14-16H2,1H3,(H,27,28)/t17-,18-. The van der Waals surface area contributed by atoms with Crippen LogP contribution in [0.25, 0.3) is 22.6 Å². The Hall–Kier alpha value is -2.51. The number of benzene rings is 1. The highest BCUT2D eigenvalue weighted by atomic mass is 32.2. The van der Waals surface area contributed by atoms with Crippen LogP contribution >= 0.6 is 11.8 Å². The fourth-order valence-corrected chi connectivity index (χ4v) is 5.08. The van der Waals surface area contributed by atoms with Crippen LogP contribution in [0, 0.1) is 11.8 Å². The number of rotatable bonds is 9. The van der Waals surface area contributed by atoms with Gasteiger partial charge in [0.1, 0.15) is 23.1 Å². The first kappa shape index (κ1) is 21.7. The second-order valence-corrected chi connectivity index (χ2v) is 8.85. The molecule has 164 valence electrons. The lowest BCUT2D eigenvalue weighted by Gasteiger charge is -2.28. The summed E-state index contributed by atoms with van der Waals surface area (Å²) in [5.41, 5.74) is 3.09. The quantitative estimate of drug-likeness (QED) is 0.447. The van der Waals surface area contributed by atoms with Gasteiger partial charge < -0.3 is 14.3 Å². The maximum Gasteiger partial charge on any atom is 0.329 e. The number of ether oxygens (including phenoxy) is 1. The van der Waals surface area contributed by atoms with E-state index in [9.17, 15) is 4.79 Å². The number of thioether (sulfide) groups is 1. The van der Waals surface area contributed by atoms with Crippen LogP contribution < -0.4 is 0 Å². The maximum atomic E-state index is 10.6. The van der Waals surface area contributed by atoms with Crippen LogP contribution in [0.1, 0.15) is 25.7 Å². The lowest BCUT2D eigenvalue weighted by Crippen LogP contribution is -2.23. The number of hydrogen-bond donors (Lipinski definition) is 1. The lowest BCUT2D eigenvalue weighted by atomic mass is 9.82. The molecule has 1 aliphatic carbocycles. The van der Waals surface area contributed by atoms with Crippen LogP contribution in [0.15, 0.2) is 58.2 Å². The molecule has 4 rings (SSSR count). The number of aliphatic carboxylic acids is 1. The molecule has 1 aromatic carbocycles. The molecule has 6 nitrogen and oxygen atoms in total. The minimum atomic E-state index is -0.904. The first-order valence-corrected chi connectivity index (χ1v) is 11.9. The first-order valence-electron chi connectivity index (χ1n) is 10.7. The van der Waals surface area contributed by atoms with Crippen LogP contribution in [0.5, 0.6) is 0 Å². The van der Waals surface area contributed by atoms with E-state index in [4.69, 9.17) is 19.4 Å². The molecule has 31 heavy (non-hydrogen) atoms. The highest BCUT2D eigenvalue weighted by Crippen LogP contribution is 2.40. The van der Waals surface area contributed by atoms with Gasteiger partial charge in [-0.2, -0.15) is 5.10 Å². The van der Waals surface area contributed by atoms with Gasteiger partial charge in [-0.1, -0.05) is 30.3 Å². The summed E-state index contributed by atoms with van der Waals surface area (Å²) in [6.07, 6.45) is 8.13. The summed E-state index contributed by atoms with van der Waals surface area (Å²) in [5, 5.41) is 14.9. The van der Waals surface area contributed by atoms with E-state index in [1.807, 2.05) is 30.3 Å². The molecule has 1 aliphatic rings. The van der Waals surface area contributed by atoms with Gasteiger partial charge in [-0.25, -0.2) is 4.79 Å². The average molecular weight is 441 g/mol. The molecule has 7 heteroatoms. The Bertz CT molecular complexity index is 977. The Labute approximate surface area is 186 Å². The molecule has 1 fully saturated rings. The lowest BCUT2D eigenvalue weighted by molar-refractivity contribution is -0.142. The van der Waals surface area contributed by atoms with Crippen molar-refractivity contribution >= 4 is 17.7 Å². The first-order chi connectivity index (χ1) is 15.2. The normalized spacial score (nSPS) is 18.9. The number of carboxylic acid groups (broad SMARTS) is 1. The number of nitrogens with zero attached hydrogens (tertiary/aromatic N) is 2. The van der Waals surface area contributed by atoms with Gasteiger partial charge in [0, 0.05) is 12.1 Å². The highest BCUT2D eigenvalue weighted by molar-refractivity contribution is 7.98. The summed E-state index contributed by atoms with van der Waals surface area (Å²) >= 11 is 1.70. The predicted octanol–water partition coefficient (Wildman–Crippen LogP) is 5.44. The molecule has 0 saturated heterocycles. The summed E-state index contributed by atoms with van der Waals surface area (Å²) in [7, 11) is 0. The fourth-order valence-electron chi connectivity index (χ4n) is 4.36. The van der Waals surface area contributed by atoms with E-state index >= 15 is 0 Å². The Kier molecular flexibility index (Phi) is 7.14. The van der Waals surface area contributed by atoms with Gasteiger partial charge in [0.05, 0.1) is 18.4 Å². The van der Waals surface area contributed by atoms with Gasteiger partial charge in [0.25, 0.3) is 0 Å². The molecular weight excluding hydrogens is 412 g/mol. The van der Waals surface area contributed by atoms with E-state index in [1.165, 1.54) is 0 Å². The molecule has 1 saturated carbocycles. The number of carboxylic acids is 1. The van der Waals surface area contributed by atoms with E-state index < -0.39 is 5.97 Å². The average Bonchev–Trinajstić information content (AvgIpc) is 3.43. The largest absolute Gasteiger partial charge is 0.480 e. The van der Waals surface area contributed by atoms with Crippen molar-refractivity contribution in [2.75, 3.05) is 19.5 Å². The van der Waals surface area contributed by atoms with Gasteiger partial charge in [-0.15, -0.1) is 11.8 Å². The molecule has 0 atom stereocenters. The summed E-state index contributed by atoms with van der Waals surface area (Å²) in [4.78, 5) is 10.6. The van der Waals surface area contributed by atoms with Gasteiger partial charge >= 0.3 is 5.97 Å². The van der Waals surface area contributed by atoms with Gasteiger partial charge in [-0.3, -0.25) is 4.68 Å². The summed E-state index contributed by atoms with van der Waals surface area (Å²) < 4.78 is 13.2. The van der Waals surface area contributed by atoms with E-state index in [2.05, 4.69) is 23.1 Å². The Balaban J connectivity index is 1.51. The zero-order valence-electron chi connectivity index (χ0n) is 17.7. The molecule has 0 aliphatic heterocycles. The zero-order chi connectivity index (χ0) is 21.6. The maximum absolute atomic E-state index is 10.6. The van der Waals surface area contributed by atoms with Crippen molar-refractivity contribution in [3.05, 3.63) is 48.7 Å². The molecule has 3 aromatic rings. The third kappa shape index (κ3) is 5.22. The number of furan rings is 1. The monoisotopic (exact) mass is 440 g/mol. The highest BCUT2D eigenvalue weighted by Gasteiger charge is 2.26. The molecule has 0 unspecified atom stereocenters. The minimum Gasteiger partial charge on any atom is -0.480 e. The molecule has 0 radical (unpaired) electrons. The third-order valence-corrected chi connectivity index (χ3v) is 6.69. The second-order valence-electron chi connectivity index (χ2n) is 8.05. The van der Waals surface area contributed by atoms with E-state index in [0.717, 1.165) is 59.8 Å². The van der Waals surface area contributed by atoms with Gasteiger partial charge in [-0.05, 0) is 55.9 Å². The summed E-state index contributed by atoms with van der Waals surface area (Å²) in [6.45, 7) is 1.21. The van der Waals surface area contributed by atoms with E-state index in [-0.39, 0.29) is 6.61 Å². The van der Waals surface area contributed by atoms with Gasteiger partial charge in [0.15, 0.2) is 0 Å². The second kappa shape index (κ2) is 10.2. The molecule has 0 amide bonds. The summed E-state index contributed by atoms with van der Waals surface area (Å²) in [6, 6.07) is 14.2. The molecule has 2 aromatic heterocycles. The van der Waals surface area contributed by atoms with Crippen molar-refractivity contribution in [1.29, 1.82) is 0 Å². The Morgan fingerprint density at radius 2 is 1.90 bits per heavy atom. The number of aromatic nitrogens is 2. The molecule has 0 spiro atoms. The van der Waals surface area contributed by atoms with Crippen molar-refractivity contribution in [2.24, 2.45) is 11.8 Å². The SMILES string of the molecule is CSc1c(-c2ccco2)c(-c2ccccc2)nn1C[C@H]1CC[C@H](COCC(=O)O)CC1. The van der Waals surface area contributed by atoms with Crippen molar-refractivity contribution in [3.8, 4) is 22.6 Å². The predicted molar refractivity (Wildman–Crippen MR) is 121 cm³/mol. The summed E-state index contributed by atoms with van der Waals surface area (Å²) in [5.74, 6) is 0.939. The topological polar surface area (TPSA) is 77.5 Å². The van der Waals surface area contributed by atoms with Gasteiger partial charge in [0.2, 0.25) is 0 Å². The molecule has 1 N–H and O–H groups in total. The van der Waals surface area contributed by atoms with Crippen molar-refractivity contribution in [1.82, 2.24) is 9.78 Å². The number of hydrogen-bond acceptors (Lipinski definition) is 5. The van der Waals surface area contributed by atoms with Crippen molar-refractivity contribution in [3.63, 3.8) is 0 Å². The third-order valence-electron chi connectivity index (χ3n) is 5.89. The number of carbonyl (C=O) groups is 1. The molecular formula is C24H28N2O4S. The molecule has 2 heterocycles. The van der Waals surface area contributed by atoms with Crippen LogP contribution in [0.2, 0.25) is 0 Å².